The van der Waals surface area contributed by atoms with Crippen LogP contribution in [-0.4, -0.2) is 48.0 Å². The zero-order valence-electron chi connectivity index (χ0n) is 17.1. The molecule has 0 unspecified atom stereocenters. The van der Waals surface area contributed by atoms with Gasteiger partial charge >= 0.3 is 0 Å². The van der Waals surface area contributed by atoms with E-state index in [0.717, 1.165) is 41.0 Å². The molecule has 158 valence electrons. The van der Waals surface area contributed by atoms with E-state index in [9.17, 15) is 4.79 Å². The van der Waals surface area contributed by atoms with Gasteiger partial charge in [0, 0.05) is 43.7 Å². The first kappa shape index (κ1) is 20.2. The van der Waals surface area contributed by atoms with Gasteiger partial charge in [-0.3, -0.25) is 9.36 Å². The van der Waals surface area contributed by atoms with E-state index in [1.54, 1.807) is 14.2 Å². The number of methoxy groups -OCH3 is 2. The number of benzene rings is 1. The summed E-state index contributed by atoms with van der Waals surface area (Å²) in [7, 11) is 3.23. The molecule has 0 spiro atoms. The first-order valence-corrected chi connectivity index (χ1v) is 10.7. The molecule has 1 fully saturated rings. The van der Waals surface area contributed by atoms with E-state index in [1.165, 1.54) is 11.3 Å². The number of carbonyl (C=O) groups excluding carboxylic acids is 1. The fourth-order valence-electron chi connectivity index (χ4n) is 3.59. The number of aromatic nitrogens is 3. The topological polar surface area (TPSA) is 81.5 Å². The molecule has 0 radical (unpaired) electrons. The molecule has 1 aliphatic rings. The van der Waals surface area contributed by atoms with Crippen LogP contribution in [0.1, 0.15) is 18.4 Å². The van der Waals surface area contributed by atoms with Crippen LogP contribution in [0.2, 0.25) is 0 Å². The van der Waals surface area contributed by atoms with E-state index in [-0.39, 0.29) is 11.8 Å². The van der Waals surface area contributed by atoms with Gasteiger partial charge in [0.1, 0.15) is 11.5 Å². The number of anilines is 1. The van der Waals surface area contributed by atoms with Crippen LogP contribution in [0.3, 0.4) is 0 Å². The van der Waals surface area contributed by atoms with Gasteiger partial charge in [-0.05, 0) is 37.1 Å². The summed E-state index contributed by atoms with van der Waals surface area (Å²) in [6.45, 7) is 1.95. The first-order chi connectivity index (χ1) is 14.7. The molecular weight excluding hydrogens is 402 g/mol. The van der Waals surface area contributed by atoms with Crippen molar-refractivity contribution >= 4 is 22.4 Å². The molecule has 0 saturated carbocycles. The summed E-state index contributed by atoms with van der Waals surface area (Å²) in [6, 6.07) is 9.52. The van der Waals surface area contributed by atoms with E-state index in [2.05, 4.69) is 20.4 Å². The number of nitrogens with one attached hydrogen (secondary N) is 1. The second kappa shape index (κ2) is 9.17. The lowest BCUT2D eigenvalue weighted by Crippen LogP contribution is -2.43. The van der Waals surface area contributed by atoms with E-state index >= 15 is 0 Å². The average Bonchev–Trinajstić information content (AvgIpc) is 3.49. The lowest BCUT2D eigenvalue weighted by molar-refractivity contribution is -0.125. The Balaban J connectivity index is 1.37. The Kier molecular flexibility index (Phi) is 6.18. The molecule has 3 heterocycles. The van der Waals surface area contributed by atoms with Gasteiger partial charge in [0.15, 0.2) is 0 Å². The highest BCUT2D eigenvalue weighted by atomic mass is 32.1. The maximum atomic E-state index is 12.8. The van der Waals surface area contributed by atoms with Crippen LogP contribution < -0.4 is 19.7 Å². The number of nitrogens with zero attached hydrogens (tertiary/aromatic N) is 4. The number of carbonyl (C=O) groups is 1. The Bertz CT molecular complexity index is 988. The van der Waals surface area contributed by atoms with Gasteiger partial charge in [0.25, 0.3) is 0 Å². The SMILES string of the molecule is COc1ccc(CNC(=O)[C@@H]2CCCN(c3nnc(-n4cccc4)s3)C2)c(OC)c1. The molecular formula is C21H25N5O3S. The third kappa shape index (κ3) is 4.40. The first-order valence-electron chi connectivity index (χ1n) is 9.88. The normalized spacial score (nSPS) is 16.3. The van der Waals surface area contributed by atoms with Gasteiger partial charge in [0.05, 0.1) is 20.1 Å². The summed E-state index contributed by atoms with van der Waals surface area (Å²) in [4.78, 5) is 15.0. The lowest BCUT2D eigenvalue weighted by Gasteiger charge is -2.31. The second-order valence-corrected chi connectivity index (χ2v) is 8.07. The number of rotatable bonds is 7. The van der Waals surface area contributed by atoms with Crippen LogP contribution in [0.15, 0.2) is 42.7 Å². The van der Waals surface area contributed by atoms with Crippen molar-refractivity contribution in [1.29, 1.82) is 0 Å². The fourth-order valence-corrected chi connectivity index (χ4v) is 4.44. The zero-order chi connectivity index (χ0) is 20.9. The molecule has 0 bridgehead atoms. The predicted molar refractivity (Wildman–Crippen MR) is 116 cm³/mol. The smallest absolute Gasteiger partial charge is 0.225 e. The zero-order valence-corrected chi connectivity index (χ0v) is 17.9. The molecule has 3 aromatic rings. The Morgan fingerprint density at radius 2 is 2.00 bits per heavy atom. The Morgan fingerprint density at radius 3 is 2.77 bits per heavy atom. The van der Waals surface area contributed by atoms with Gasteiger partial charge in [-0.1, -0.05) is 11.3 Å². The van der Waals surface area contributed by atoms with Crippen molar-refractivity contribution in [1.82, 2.24) is 20.1 Å². The molecule has 0 aliphatic carbocycles. The molecule has 1 N–H and O–H groups in total. The van der Waals surface area contributed by atoms with E-state index in [4.69, 9.17) is 9.47 Å². The lowest BCUT2D eigenvalue weighted by atomic mass is 9.97. The number of ether oxygens (including phenoxy) is 2. The number of piperidine rings is 1. The molecule has 1 saturated heterocycles. The quantitative estimate of drug-likeness (QED) is 0.624. The van der Waals surface area contributed by atoms with Crippen molar-refractivity contribution in [2.24, 2.45) is 5.92 Å². The highest BCUT2D eigenvalue weighted by Gasteiger charge is 2.27. The second-order valence-electron chi connectivity index (χ2n) is 7.14. The van der Waals surface area contributed by atoms with Crippen molar-refractivity contribution in [3.05, 3.63) is 48.3 Å². The van der Waals surface area contributed by atoms with Gasteiger partial charge < -0.3 is 19.7 Å². The minimum atomic E-state index is -0.0816. The highest BCUT2D eigenvalue weighted by Crippen LogP contribution is 2.28. The van der Waals surface area contributed by atoms with Gasteiger partial charge in [0.2, 0.25) is 16.2 Å². The monoisotopic (exact) mass is 427 g/mol. The molecule has 1 aromatic carbocycles. The van der Waals surface area contributed by atoms with Crippen LogP contribution >= 0.6 is 11.3 Å². The summed E-state index contributed by atoms with van der Waals surface area (Å²) in [5, 5.41) is 13.4. The number of hydrogen-bond acceptors (Lipinski definition) is 7. The summed E-state index contributed by atoms with van der Waals surface area (Å²) in [5.41, 5.74) is 0.916. The molecule has 2 aromatic heterocycles. The Morgan fingerprint density at radius 1 is 1.20 bits per heavy atom. The minimum Gasteiger partial charge on any atom is -0.497 e. The van der Waals surface area contributed by atoms with Crippen molar-refractivity contribution in [2.75, 3.05) is 32.2 Å². The van der Waals surface area contributed by atoms with Gasteiger partial charge in [-0.15, -0.1) is 10.2 Å². The van der Waals surface area contributed by atoms with Crippen LogP contribution in [0.4, 0.5) is 5.13 Å². The summed E-state index contributed by atoms with van der Waals surface area (Å²) < 4.78 is 12.6. The molecule has 1 amide bonds. The van der Waals surface area contributed by atoms with E-state index in [1.807, 2.05) is 47.3 Å². The molecule has 8 nitrogen and oxygen atoms in total. The standard InChI is InChI=1S/C21H25N5O3S/c1-28-17-8-7-15(18(12-17)29-2)13-22-19(27)16-6-5-11-26(14-16)21-24-23-20(30-21)25-9-3-4-10-25/h3-4,7-10,12,16H,5-6,11,13-14H2,1-2H3,(H,22,27)/t16-/m1/s1. The van der Waals surface area contributed by atoms with E-state index in [0.29, 0.717) is 18.8 Å². The molecule has 1 atom stereocenters. The Labute approximate surface area is 179 Å². The third-order valence-corrected chi connectivity index (χ3v) is 6.24. The maximum absolute atomic E-state index is 12.8. The predicted octanol–water partition coefficient (Wildman–Crippen LogP) is 2.88. The third-order valence-electron chi connectivity index (χ3n) is 5.24. The van der Waals surface area contributed by atoms with Crippen LogP contribution in [0, 0.1) is 5.92 Å². The molecule has 9 heteroatoms. The summed E-state index contributed by atoms with van der Waals surface area (Å²) in [6.07, 6.45) is 5.71. The fraction of sp³-hybridized carbons (Fsp3) is 0.381. The summed E-state index contributed by atoms with van der Waals surface area (Å²) >= 11 is 1.54. The van der Waals surface area contributed by atoms with E-state index < -0.39 is 0 Å². The highest BCUT2D eigenvalue weighted by molar-refractivity contribution is 7.17. The average molecular weight is 428 g/mol. The Hall–Kier alpha value is -3.07. The van der Waals surface area contributed by atoms with Crippen molar-refractivity contribution < 1.29 is 14.3 Å². The van der Waals surface area contributed by atoms with Crippen molar-refractivity contribution in [3.63, 3.8) is 0 Å². The maximum Gasteiger partial charge on any atom is 0.225 e. The van der Waals surface area contributed by atoms with Crippen molar-refractivity contribution in [2.45, 2.75) is 19.4 Å². The van der Waals surface area contributed by atoms with Crippen LogP contribution in [0.25, 0.3) is 5.13 Å². The van der Waals surface area contributed by atoms with Gasteiger partial charge in [-0.25, -0.2) is 0 Å². The van der Waals surface area contributed by atoms with Crippen LogP contribution in [-0.2, 0) is 11.3 Å². The largest absolute Gasteiger partial charge is 0.497 e. The molecule has 4 rings (SSSR count). The minimum absolute atomic E-state index is 0.0488. The van der Waals surface area contributed by atoms with Crippen LogP contribution in [0.5, 0.6) is 11.5 Å². The molecule has 30 heavy (non-hydrogen) atoms. The number of hydrogen-bond donors (Lipinski definition) is 1. The summed E-state index contributed by atoms with van der Waals surface area (Å²) in [5.74, 6) is 1.39. The van der Waals surface area contributed by atoms with Gasteiger partial charge in [-0.2, -0.15) is 0 Å². The van der Waals surface area contributed by atoms with Crippen molar-refractivity contribution in [3.8, 4) is 16.6 Å². The number of amides is 1. The molecule has 1 aliphatic heterocycles.